The minimum absolute atomic E-state index is 0.119. The lowest BCUT2D eigenvalue weighted by Crippen LogP contribution is -2.30. The number of unbranched alkanes of at least 4 members (excludes halogenated alkanes) is 3. The summed E-state index contributed by atoms with van der Waals surface area (Å²) in [6.07, 6.45) is 4.32. The topological polar surface area (TPSA) is 78.4 Å². The number of aromatic carboxylic acids is 1. The van der Waals surface area contributed by atoms with Crippen LogP contribution in [0.1, 0.15) is 54.1 Å². The Balaban J connectivity index is 2.65. The number of rotatable bonds is 7. The van der Waals surface area contributed by atoms with E-state index in [1.54, 1.807) is 13.0 Å². The maximum absolute atomic E-state index is 11.8. The highest BCUT2D eigenvalue weighted by Crippen LogP contribution is 2.22. The van der Waals surface area contributed by atoms with Crippen molar-refractivity contribution in [3.05, 3.63) is 28.8 Å². The van der Waals surface area contributed by atoms with Crippen molar-refractivity contribution in [2.75, 3.05) is 11.9 Å². The molecule has 116 valence electrons. The number of nitrogens with one attached hydrogen (secondary N) is 2. The number of amides is 2. The fourth-order valence-corrected chi connectivity index (χ4v) is 2.21. The molecule has 0 aliphatic carbocycles. The van der Waals surface area contributed by atoms with Gasteiger partial charge in [-0.1, -0.05) is 32.3 Å². The zero-order valence-electron chi connectivity index (χ0n) is 13.0. The fraction of sp³-hybridized carbons (Fsp3) is 0.500. The molecule has 0 saturated carbocycles. The smallest absolute Gasteiger partial charge is 0.337 e. The molecule has 3 N–H and O–H groups in total. The highest BCUT2D eigenvalue weighted by molar-refractivity contribution is 6.01. The Kier molecular flexibility index (Phi) is 6.72. The minimum atomic E-state index is -1.04. The van der Waals surface area contributed by atoms with E-state index < -0.39 is 5.97 Å². The van der Waals surface area contributed by atoms with Gasteiger partial charge in [-0.2, -0.15) is 0 Å². The Labute approximate surface area is 125 Å². The fourth-order valence-electron chi connectivity index (χ4n) is 2.21. The molecule has 0 aliphatic rings. The van der Waals surface area contributed by atoms with Gasteiger partial charge >= 0.3 is 12.0 Å². The summed E-state index contributed by atoms with van der Waals surface area (Å²) in [6, 6.07) is 3.05. The summed E-state index contributed by atoms with van der Waals surface area (Å²) < 4.78 is 0. The summed E-state index contributed by atoms with van der Waals surface area (Å²) in [5.74, 6) is -1.04. The number of aryl methyl sites for hydroxylation is 2. The Bertz CT molecular complexity index is 512. The van der Waals surface area contributed by atoms with Crippen molar-refractivity contribution in [3.8, 4) is 0 Å². The van der Waals surface area contributed by atoms with Gasteiger partial charge in [0.2, 0.25) is 0 Å². The van der Waals surface area contributed by atoms with Crippen molar-refractivity contribution >= 4 is 17.7 Å². The Hall–Kier alpha value is -2.04. The Morgan fingerprint density at radius 2 is 1.86 bits per heavy atom. The summed E-state index contributed by atoms with van der Waals surface area (Å²) in [4.78, 5) is 23.1. The summed E-state index contributed by atoms with van der Waals surface area (Å²) in [5, 5.41) is 14.6. The second-order valence-electron chi connectivity index (χ2n) is 5.25. The van der Waals surface area contributed by atoms with Gasteiger partial charge in [-0.3, -0.25) is 0 Å². The predicted octanol–water partition coefficient (Wildman–Crippen LogP) is 3.70. The van der Waals surface area contributed by atoms with Gasteiger partial charge in [0.25, 0.3) is 0 Å². The molecule has 0 bridgehead atoms. The second kappa shape index (κ2) is 8.29. The Morgan fingerprint density at radius 1 is 1.14 bits per heavy atom. The lowest BCUT2D eigenvalue weighted by molar-refractivity contribution is 0.0698. The summed E-state index contributed by atoms with van der Waals surface area (Å²) in [6.45, 7) is 6.35. The molecule has 0 radical (unpaired) electrons. The van der Waals surface area contributed by atoms with E-state index in [4.69, 9.17) is 0 Å². The number of hydrogen-bond acceptors (Lipinski definition) is 2. The SMILES string of the molecule is CCCCCCNC(=O)Nc1c(C)cc(C)cc1C(=O)O. The first-order chi connectivity index (χ1) is 9.95. The lowest BCUT2D eigenvalue weighted by Gasteiger charge is -2.13. The molecule has 2 amide bonds. The molecular weight excluding hydrogens is 268 g/mol. The minimum Gasteiger partial charge on any atom is -0.478 e. The van der Waals surface area contributed by atoms with Crippen LogP contribution in [0.2, 0.25) is 0 Å². The van der Waals surface area contributed by atoms with Crippen LogP contribution in [0.25, 0.3) is 0 Å². The van der Waals surface area contributed by atoms with Crippen LogP contribution in [-0.2, 0) is 0 Å². The molecule has 0 atom stereocenters. The molecule has 0 saturated heterocycles. The highest BCUT2D eigenvalue weighted by atomic mass is 16.4. The maximum Gasteiger partial charge on any atom is 0.337 e. The van der Waals surface area contributed by atoms with E-state index in [1.165, 1.54) is 0 Å². The van der Waals surface area contributed by atoms with Crippen LogP contribution in [-0.4, -0.2) is 23.7 Å². The van der Waals surface area contributed by atoms with Crippen molar-refractivity contribution in [1.82, 2.24) is 5.32 Å². The van der Waals surface area contributed by atoms with Crippen LogP contribution in [0.4, 0.5) is 10.5 Å². The van der Waals surface area contributed by atoms with E-state index in [9.17, 15) is 14.7 Å². The van der Waals surface area contributed by atoms with Gasteiger partial charge in [-0.25, -0.2) is 9.59 Å². The summed E-state index contributed by atoms with van der Waals surface area (Å²) >= 11 is 0. The summed E-state index contributed by atoms with van der Waals surface area (Å²) in [7, 11) is 0. The molecule has 0 heterocycles. The monoisotopic (exact) mass is 292 g/mol. The Morgan fingerprint density at radius 3 is 2.48 bits per heavy atom. The molecule has 0 spiro atoms. The van der Waals surface area contributed by atoms with Crippen LogP contribution in [0.15, 0.2) is 12.1 Å². The number of urea groups is 1. The van der Waals surface area contributed by atoms with E-state index in [-0.39, 0.29) is 11.6 Å². The van der Waals surface area contributed by atoms with Crippen LogP contribution in [0, 0.1) is 13.8 Å². The first-order valence-electron chi connectivity index (χ1n) is 7.35. The van der Waals surface area contributed by atoms with Crippen molar-refractivity contribution in [2.45, 2.75) is 46.5 Å². The second-order valence-corrected chi connectivity index (χ2v) is 5.25. The van der Waals surface area contributed by atoms with Crippen molar-refractivity contribution < 1.29 is 14.7 Å². The molecule has 0 unspecified atom stereocenters. The van der Waals surface area contributed by atoms with Gasteiger partial charge in [0.1, 0.15) is 0 Å². The number of carboxylic acids is 1. The molecule has 0 aromatic heterocycles. The third-order valence-corrected chi connectivity index (χ3v) is 3.26. The average molecular weight is 292 g/mol. The normalized spacial score (nSPS) is 10.2. The third kappa shape index (κ3) is 5.45. The third-order valence-electron chi connectivity index (χ3n) is 3.26. The molecule has 1 aromatic rings. The zero-order chi connectivity index (χ0) is 15.8. The molecule has 0 fully saturated rings. The van der Waals surface area contributed by atoms with Gasteiger partial charge in [-0.15, -0.1) is 0 Å². The van der Waals surface area contributed by atoms with Crippen molar-refractivity contribution in [3.63, 3.8) is 0 Å². The largest absolute Gasteiger partial charge is 0.478 e. The number of hydrogen-bond donors (Lipinski definition) is 3. The maximum atomic E-state index is 11.8. The molecular formula is C16H24N2O3. The van der Waals surface area contributed by atoms with Gasteiger partial charge in [-0.05, 0) is 37.5 Å². The van der Waals surface area contributed by atoms with Gasteiger partial charge in [0.05, 0.1) is 11.3 Å². The molecule has 1 rings (SSSR count). The highest BCUT2D eigenvalue weighted by Gasteiger charge is 2.15. The molecule has 5 heteroatoms. The first kappa shape index (κ1) is 17.0. The zero-order valence-corrected chi connectivity index (χ0v) is 13.0. The van der Waals surface area contributed by atoms with E-state index in [0.29, 0.717) is 12.2 Å². The molecule has 5 nitrogen and oxygen atoms in total. The number of anilines is 1. The van der Waals surface area contributed by atoms with Crippen LogP contribution in [0.5, 0.6) is 0 Å². The molecule has 21 heavy (non-hydrogen) atoms. The standard InChI is InChI=1S/C16H24N2O3/c1-4-5-6-7-8-17-16(21)18-14-12(3)9-11(2)10-13(14)15(19)20/h9-10H,4-8H2,1-3H3,(H,19,20)(H2,17,18,21). The van der Waals surface area contributed by atoms with Gasteiger partial charge in [0, 0.05) is 6.54 Å². The van der Waals surface area contributed by atoms with E-state index in [1.807, 2.05) is 13.0 Å². The van der Waals surface area contributed by atoms with Crippen LogP contribution < -0.4 is 10.6 Å². The van der Waals surface area contributed by atoms with E-state index in [0.717, 1.165) is 36.8 Å². The molecule has 1 aromatic carbocycles. The van der Waals surface area contributed by atoms with E-state index >= 15 is 0 Å². The molecule has 0 aliphatic heterocycles. The average Bonchev–Trinajstić information content (AvgIpc) is 2.41. The quantitative estimate of drug-likeness (QED) is 0.670. The van der Waals surface area contributed by atoms with Gasteiger partial charge in [0.15, 0.2) is 0 Å². The van der Waals surface area contributed by atoms with Crippen molar-refractivity contribution in [2.24, 2.45) is 0 Å². The van der Waals surface area contributed by atoms with E-state index in [2.05, 4.69) is 17.6 Å². The number of carbonyl (C=O) groups is 2. The number of benzene rings is 1. The van der Waals surface area contributed by atoms with Crippen LogP contribution in [0.3, 0.4) is 0 Å². The van der Waals surface area contributed by atoms with Crippen molar-refractivity contribution in [1.29, 1.82) is 0 Å². The van der Waals surface area contributed by atoms with Gasteiger partial charge < -0.3 is 15.7 Å². The lowest BCUT2D eigenvalue weighted by atomic mass is 10.0. The summed E-state index contributed by atoms with van der Waals surface area (Å²) in [5.41, 5.74) is 2.08. The number of carbonyl (C=O) groups excluding carboxylic acids is 1. The first-order valence-corrected chi connectivity index (χ1v) is 7.35. The number of carboxylic acid groups (broad SMARTS) is 1. The predicted molar refractivity (Wildman–Crippen MR) is 84.0 cm³/mol. The van der Waals surface area contributed by atoms with Crippen LogP contribution >= 0.6 is 0 Å².